The molecule has 2 aromatic rings. The number of carbonyl (C=O) groups excluding carboxylic acids is 1. The van der Waals surface area contributed by atoms with Crippen LogP contribution in [0.15, 0.2) is 30.3 Å². The maximum absolute atomic E-state index is 13.4. The van der Waals surface area contributed by atoms with E-state index in [9.17, 15) is 32.9 Å². The summed E-state index contributed by atoms with van der Waals surface area (Å²) in [6, 6.07) is 5.41. The Labute approximate surface area is 214 Å². The Bertz CT molecular complexity index is 1090. The number of carbonyl (C=O) groups is 1. The molecule has 0 aliphatic heterocycles. The number of carboxylic acid groups (broad SMARTS) is 1. The molecule has 2 atom stereocenters. The standard InChI is InChI=1S/C21H26FN3O6S.Na/c1-12(2)19-17(9-8-15(26)10-16(27)11-18(28)29)20(13-4-6-14(22)7-5-13)24-21(23-19)25-32(3,30)31;/h4-9,12,15-16,26-27H,10-11H2,1-3H3,(H,28,29)(H,23,24,25);/q;+1/p-1/b9-8+;/t15-,16-;/m1./s1. The molecule has 0 radical (unpaired) electrons. The van der Waals surface area contributed by atoms with Crippen molar-refractivity contribution in [3.63, 3.8) is 0 Å². The van der Waals surface area contributed by atoms with Gasteiger partial charge < -0.3 is 20.1 Å². The third-order valence-electron chi connectivity index (χ3n) is 4.32. The molecule has 0 aliphatic rings. The van der Waals surface area contributed by atoms with Crippen LogP contribution < -0.4 is 39.4 Å². The molecular formula is C21H25FN3NaO6S. The Morgan fingerprint density at radius 2 is 1.82 bits per heavy atom. The molecule has 0 spiro atoms. The molecule has 1 aromatic heterocycles. The Morgan fingerprint density at radius 1 is 1.21 bits per heavy atom. The van der Waals surface area contributed by atoms with Crippen LogP contribution in [-0.2, 0) is 14.8 Å². The van der Waals surface area contributed by atoms with Gasteiger partial charge in [-0.2, -0.15) is 0 Å². The topological polar surface area (TPSA) is 153 Å². The summed E-state index contributed by atoms with van der Waals surface area (Å²) in [5.74, 6) is -2.23. The summed E-state index contributed by atoms with van der Waals surface area (Å²) >= 11 is 0. The second kappa shape index (κ2) is 12.5. The second-order valence-electron chi connectivity index (χ2n) is 7.62. The van der Waals surface area contributed by atoms with Crippen molar-refractivity contribution >= 4 is 28.0 Å². The summed E-state index contributed by atoms with van der Waals surface area (Å²) in [7, 11) is -3.66. The van der Waals surface area contributed by atoms with E-state index in [0.717, 1.165) is 6.26 Å². The number of carboxylic acids is 1. The fourth-order valence-corrected chi connectivity index (χ4v) is 3.39. The van der Waals surface area contributed by atoms with Gasteiger partial charge in [-0.25, -0.2) is 22.8 Å². The van der Waals surface area contributed by atoms with Gasteiger partial charge in [0.05, 0.1) is 29.9 Å². The normalized spacial score (nSPS) is 13.5. The van der Waals surface area contributed by atoms with E-state index in [4.69, 9.17) is 0 Å². The quantitative estimate of drug-likeness (QED) is 0.326. The minimum atomic E-state index is -3.66. The van der Waals surface area contributed by atoms with Crippen LogP contribution in [0.4, 0.5) is 10.3 Å². The van der Waals surface area contributed by atoms with Crippen LogP contribution in [-0.4, -0.2) is 53.0 Å². The van der Waals surface area contributed by atoms with Crippen molar-refractivity contribution in [2.75, 3.05) is 11.0 Å². The van der Waals surface area contributed by atoms with E-state index in [2.05, 4.69) is 14.7 Å². The molecule has 2 rings (SSSR count). The van der Waals surface area contributed by atoms with Crippen LogP contribution in [0.25, 0.3) is 17.3 Å². The fourth-order valence-electron chi connectivity index (χ4n) is 2.97. The number of hydrogen-bond acceptors (Lipinski definition) is 8. The number of anilines is 1. The monoisotopic (exact) mass is 489 g/mol. The van der Waals surface area contributed by atoms with Crippen LogP contribution in [0.3, 0.4) is 0 Å². The van der Waals surface area contributed by atoms with E-state index in [1.54, 1.807) is 0 Å². The van der Waals surface area contributed by atoms with E-state index < -0.39 is 40.4 Å². The van der Waals surface area contributed by atoms with Gasteiger partial charge in [-0.05, 0) is 30.2 Å². The van der Waals surface area contributed by atoms with E-state index in [1.165, 1.54) is 36.4 Å². The smallest absolute Gasteiger partial charge is 0.550 e. The number of aliphatic carboxylic acids is 1. The van der Waals surface area contributed by atoms with Crippen LogP contribution in [0, 0.1) is 5.82 Å². The molecule has 3 N–H and O–H groups in total. The molecule has 0 bridgehead atoms. The number of aliphatic hydroxyl groups is 2. The molecule has 0 fully saturated rings. The van der Waals surface area contributed by atoms with Crippen molar-refractivity contribution in [1.82, 2.24) is 9.97 Å². The van der Waals surface area contributed by atoms with E-state index in [-0.39, 0.29) is 47.8 Å². The largest absolute Gasteiger partial charge is 1.00 e. The van der Waals surface area contributed by atoms with Gasteiger partial charge in [-0.15, -0.1) is 0 Å². The first-order valence-electron chi connectivity index (χ1n) is 9.75. The number of aliphatic hydroxyl groups excluding tert-OH is 2. The van der Waals surface area contributed by atoms with E-state index in [0.29, 0.717) is 22.5 Å². The Balaban J connectivity index is 0.00000544. The fraction of sp³-hybridized carbons (Fsp3) is 0.381. The van der Waals surface area contributed by atoms with Crippen molar-refractivity contribution in [2.45, 2.75) is 44.8 Å². The summed E-state index contributed by atoms with van der Waals surface area (Å²) in [5.41, 5.74) is 1.70. The van der Waals surface area contributed by atoms with Crippen LogP contribution in [0.2, 0.25) is 0 Å². The first kappa shape index (κ1) is 29.1. The number of halogens is 1. The van der Waals surface area contributed by atoms with Crippen LogP contribution in [0.5, 0.6) is 0 Å². The van der Waals surface area contributed by atoms with Gasteiger partial charge in [0.1, 0.15) is 5.82 Å². The van der Waals surface area contributed by atoms with Crippen molar-refractivity contribution in [3.8, 4) is 11.3 Å². The number of nitrogens with one attached hydrogen (secondary N) is 1. The summed E-state index contributed by atoms with van der Waals surface area (Å²) in [6.07, 6.45) is 0.497. The Hall–Kier alpha value is -1.89. The summed E-state index contributed by atoms with van der Waals surface area (Å²) in [4.78, 5) is 19.2. The third kappa shape index (κ3) is 9.48. The number of nitrogens with zero attached hydrogens (tertiary/aromatic N) is 2. The van der Waals surface area contributed by atoms with E-state index in [1.807, 2.05) is 13.8 Å². The number of rotatable bonds is 10. The minimum Gasteiger partial charge on any atom is -0.550 e. The summed E-state index contributed by atoms with van der Waals surface area (Å²) < 4.78 is 39.1. The Morgan fingerprint density at radius 3 is 2.33 bits per heavy atom. The molecule has 0 saturated carbocycles. The summed E-state index contributed by atoms with van der Waals surface area (Å²) in [5, 5.41) is 30.5. The van der Waals surface area contributed by atoms with Crippen molar-refractivity contribution in [3.05, 3.63) is 47.4 Å². The molecule has 1 heterocycles. The molecule has 9 nitrogen and oxygen atoms in total. The molecule has 0 aliphatic carbocycles. The molecular weight excluding hydrogens is 464 g/mol. The Kier molecular flexibility index (Phi) is 11.1. The van der Waals surface area contributed by atoms with Crippen LogP contribution in [0.1, 0.15) is 43.9 Å². The van der Waals surface area contributed by atoms with Crippen LogP contribution >= 0.6 is 0 Å². The molecule has 1 aromatic carbocycles. The first-order chi connectivity index (χ1) is 14.9. The van der Waals surface area contributed by atoms with Crippen molar-refractivity contribution < 1.29 is 62.5 Å². The zero-order valence-corrected chi connectivity index (χ0v) is 21.6. The SMILES string of the molecule is CC(C)c1nc(NS(C)(=O)=O)nc(-c2ccc(F)cc2)c1/C=C/[C@@H](O)C[C@@H](O)CC(=O)[O-].[Na+]. The number of benzene rings is 1. The van der Waals surface area contributed by atoms with Gasteiger partial charge in [0, 0.05) is 29.9 Å². The molecule has 0 saturated heterocycles. The summed E-state index contributed by atoms with van der Waals surface area (Å²) in [6.45, 7) is 3.66. The maximum Gasteiger partial charge on any atom is 1.00 e. The van der Waals surface area contributed by atoms with E-state index >= 15 is 0 Å². The van der Waals surface area contributed by atoms with Gasteiger partial charge in [0.15, 0.2) is 0 Å². The predicted molar refractivity (Wildman–Crippen MR) is 115 cm³/mol. The zero-order chi connectivity index (χ0) is 24.1. The minimum absolute atomic E-state index is 0. The van der Waals surface area contributed by atoms with Gasteiger partial charge in [0.25, 0.3) is 0 Å². The number of sulfonamides is 1. The molecule has 174 valence electrons. The van der Waals surface area contributed by atoms with Crippen molar-refractivity contribution in [1.29, 1.82) is 0 Å². The molecule has 0 amide bonds. The molecule has 0 unspecified atom stereocenters. The average molecular weight is 490 g/mol. The first-order valence-corrected chi connectivity index (χ1v) is 11.6. The second-order valence-corrected chi connectivity index (χ2v) is 9.37. The number of aromatic nitrogens is 2. The van der Waals surface area contributed by atoms with Gasteiger partial charge in [-0.1, -0.05) is 26.0 Å². The third-order valence-corrected chi connectivity index (χ3v) is 4.87. The van der Waals surface area contributed by atoms with Gasteiger partial charge in [-0.3, -0.25) is 4.72 Å². The van der Waals surface area contributed by atoms with Crippen molar-refractivity contribution in [2.24, 2.45) is 0 Å². The predicted octanol–water partition coefficient (Wildman–Crippen LogP) is -1.95. The molecule has 12 heteroatoms. The van der Waals surface area contributed by atoms with Gasteiger partial charge in [0.2, 0.25) is 16.0 Å². The zero-order valence-electron chi connectivity index (χ0n) is 18.8. The molecule has 33 heavy (non-hydrogen) atoms. The number of hydrogen-bond donors (Lipinski definition) is 3. The average Bonchev–Trinajstić information content (AvgIpc) is 2.64. The maximum atomic E-state index is 13.4. The van der Waals surface area contributed by atoms with Gasteiger partial charge >= 0.3 is 29.6 Å².